The van der Waals surface area contributed by atoms with E-state index >= 15 is 0 Å². The predicted octanol–water partition coefficient (Wildman–Crippen LogP) is 4.95. The maximum Gasteiger partial charge on any atom is 0.224 e. The molecule has 6 heteroatoms. The van der Waals surface area contributed by atoms with E-state index in [4.69, 9.17) is 0 Å². The van der Waals surface area contributed by atoms with E-state index in [-0.39, 0.29) is 11.6 Å². The number of aromatic nitrogens is 2. The first-order valence-corrected chi connectivity index (χ1v) is 10.9. The van der Waals surface area contributed by atoms with Gasteiger partial charge >= 0.3 is 0 Å². The Morgan fingerprint density at radius 3 is 2.94 bits per heavy atom. The fraction of sp³-hybridized carbons (Fsp3) is 0.360. The largest absolute Gasteiger partial charge is 0.324 e. The van der Waals surface area contributed by atoms with Crippen molar-refractivity contribution in [3.05, 3.63) is 78.1 Å². The van der Waals surface area contributed by atoms with E-state index in [0.29, 0.717) is 12.3 Å². The van der Waals surface area contributed by atoms with Gasteiger partial charge in [0, 0.05) is 31.0 Å². The quantitative estimate of drug-likeness (QED) is 0.588. The SMILES string of the molecule is Cc1cccc(-n2ccnc2CN2CCCC(CCC(=O)Nc3ccccc3F)C2)c1. The van der Waals surface area contributed by atoms with Crippen molar-refractivity contribution in [3.63, 3.8) is 0 Å². The Labute approximate surface area is 182 Å². The van der Waals surface area contributed by atoms with Gasteiger partial charge < -0.3 is 9.88 Å². The number of imidazole rings is 1. The van der Waals surface area contributed by atoms with Gasteiger partial charge in [-0.05, 0) is 68.5 Å². The zero-order valence-electron chi connectivity index (χ0n) is 17.9. The van der Waals surface area contributed by atoms with Gasteiger partial charge in [0.15, 0.2) is 0 Å². The highest BCUT2D eigenvalue weighted by molar-refractivity contribution is 5.90. The Morgan fingerprint density at radius 2 is 2.10 bits per heavy atom. The molecule has 2 heterocycles. The van der Waals surface area contributed by atoms with Gasteiger partial charge in [-0.1, -0.05) is 24.3 Å². The molecule has 0 aliphatic carbocycles. The van der Waals surface area contributed by atoms with Gasteiger partial charge in [-0.15, -0.1) is 0 Å². The molecule has 162 valence electrons. The zero-order chi connectivity index (χ0) is 21.6. The van der Waals surface area contributed by atoms with Crippen molar-refractivity contribution in [2.24, 2.45) is 5.92 Å². The number of halogens is 1. The zero-order valence-corrected chi connectivity index (χ0v) is 17.9. The number of aryl methyl sites for hydroxylation is 1. The number of nitrogens with one attached hydrogen (secondary N) is 1. The van der Waals surface area contributed by atoms with Crippen molar-refractivity contribution in [2.75, 3.05) is 18.4 Å². The molecule has 2 aromatic carbocycles. The number of benzene rings is 2. The van der Waals surface area contributed by atoms with Crippen LogP contribution in [0.25, 0.3) is 5.69 Å². The lowest BCUT2D eigenvalue weighted by atomic mass is 9.93. The first-order chi connectivity index (χ1) is 15.1. The number of nitrogens with zero attached hydrogens (tertiary/aromatic N) is 3. The number of piperidine rings is 1. The molecule has 1 aromatic heterocycles. The van der Waals surface area contributed by atoms with E-state index < -0.39 is 5.82 Å². The van der Waals surface area contributed by atoms with Crippen LogP contribution in [-0.2, 0) is 11.3 Å². The summed E-state index contributed by atoms with van der Waals surface area (Å²) in [6.07, 6.45) is 7.32. The lowest BCUT2D eigenvalue weighted by Gasteiger charge is -2.32. The second-order valence-corrected chi connectivity index (χ2v) is 8.36. The Balaban J connectivity index is 1.31. The van der Waals surface area contributed by atoms with Crippen molar-refractivity contribution in [2.45, 2.75) is 39.2 Å². The van der Waals surface area contributed by atoms with Crippen molar-refractivity contribution in [1.82, 2.24) is 14.5 Å². The highest BCUT2D eigenvalue weighted by Gasteiger charge is 2.22. The van der Waals surface area contributed by atoms with Gasteiger partial charge in [0.05, 0.1) is 12.2 Å². The number of carbonyl (C=O) groups is 1. The lowest BCUT2D eigenvalue weighted by molar-refractivity contribution is -0.116. The molecule has 1 amide bonds. The third kappa shape index (κ3) is 5.58. The molecule has 1 N–H and O–H groups in total. The molecule has 1 saturated heterocycles. The molecule has 4 rings (SSSR count). The van der Waals surface area contributed by atoms with Crippen LogP contribution in [0.4, 0.5) is 10.1 Å². The highest BCUT2D eigenvalue weighted by Crippen LogP contribution is 2.23. The topological polar surface area (TPSA) is 50.2 Å². The maximum absolute atomic E-state index is 13.7. The monoisotopic (exact) mass is 420 g/mol. The summed E-state index contributed by atoms with van der Waals surface area (Å²) >= 11 is 0. The summed E-state index contributed by atoms with van der Waals surface area (Å²) in [6.45, 7) is 4.88. The standard InChI is InChI=1S/C25H29FN4O/c1-19-6-4-8-21(16-19)30-15-13-27-24(30)18-29-14-5-7-20(17-29)11-12-25(31)28-23-10-3-2-9-22(23)26/h2-4,6,8-10,13,15-16,20H,5,7,11-12,14,17-18H2,1H3,(H,28,31). The second kappa shape index (κ2) is 9.88. The molecule has 5 nitrogen and oxygen atoms in total. The number of likely N-dealkylation sites (tertiary alicyclic amines) is 1. The second-order valence-electron chi connectivity index (χ2n) is 8.36. The van der Waals surface area contributed by atoms with Crippen LogP contribution in [0.15, 0.2) is 60.9 Å². The van der Waals surface area contributed by atoms with Gasteiger partial charge in [0.1, 0.15) is 11.6 Å². The summed E-state index contributed by atoms with van der Waals surface area (Å²) in [5.41, 5.74) is 2.61. The van der Waals surface area contributed by atoms with E-state index in [0.717, 1.165) is 50.4 Å². The average Bonchev–Trinajstić information content (AvgIpc) is 3.22. The number of anilines is 1. The summed E-state index contributed by atoms with van der Waals surface area (Å²) in [5.74, 6) is 0.965. The summed E-state index contributed by atoms with van der Waals surface area (Å²) in [5, 5.41) is 2.69. The van der Waals surface area contributed by atoms with Crippen LogP contribution >= 0.6 is 0 Å². The Hall–Kier alpha value is -2.99. The van der Waals surface area contributed by atoms with Gasteiger partial charge in [0.25, 0.3) is 0 Å². The number of para-hydroxylation sites is 1. The molecule has 1 aliphatic heterocycles. The van der Waals surface area contributed by atoms with Gasteiger partial charge in [-0.25, -0.2) is 9.37 Å². The number of hydrogen-bond acceptors (Lipinski definition) is 3. The van der Waals surface area contributed by atoms with Gasteiger partial charge in [-0.3, -0.25) is 9.69 Å². The highest BCUT2D eigenvalue weighted by atomic mass is 19.1. The summed E-state index contributed by atoms with van der Waals surface area (Å²) in [4.78, 5) is 19.3. The molecule has 0 spiro atoms. The van der Waals surface area contributed by atoms with Gasteiger partial charge in [-0.2, -0.15) is 0 Å². The van der Waals surface area contributed by atoms with Crippen molar-refractivity contribution in [1.29, 1.82) is 0 Å². The minimum absolute atomic E-state index is 0.128. The van der Waals surface area contributed by atoms with Gasteiger partial charge in [0.2, 0.25) is 5.91 Å². The summed E-state index contributed by atoms with van der Waals surface area (Å²) in [7, 11) is 0. The third-order valence-corrected chi connectivity index (χ3v) is 5.89. The van der Waals surface area contributed by atoms with Crippen molar-refractivity contribution < 1.29 is 9.18 Å². The van der Waals surface area contributed by atoms with E-state index in [2.05, 4.69) is 51.0 Å². The van der Waals surface area contributed by atoms with E-state index in [1.807, 2.05) is 12.4 Å². The van der Waals surface area contributed by atoms with Crippen LogP contribution in [-0.4, -0.2) is 33.4 Å². The predicted molar refractivity (Wildman–Crippen MR) is 121 cm³/mol. The minimum atomic E-state index is -0.399. The number of amides is 1. The number of hydrogen-bond donors (Lipinski definition) is 1. The summed E-state index contributed by atoms with van der Waals surface area (Å²) < 4.78 is 15.9. The van der Waals surface area contributed by atoms with Crippen LogP contribution in [0.5, 0.6) is 0 Å². The summed E-state index contributed by atoms with van der Waals surface area (Å²) in [6, 6.07) is 14.7. The molecular weight excluding hydrogens is 391 g/mol. The molecule has 31 heavy (non-hydrogen) atoms. The van der Waals surface area contributed by atoms with Crippen molar-refractivity contribution >= 4 is 11.6 Å². The fourth-order valence-corrected chi connectivity index (χ4v) is 4.31. The van der Waals surface area contributed by atoms with E-state index in [9.17, 15) is 9.18 Å². The lowest BCUT2D eigenvalue weighted by Crippen LogP contribution is -2.36. The van der Waals surface area contributed by atoms with Crippen LogP contribution < -0.4 is 5.32 Å². The van der Waals surface area contributed by atoms with E-state index in [1.54, 1.807) is 18.2 Å². The first kappa shape index (κ1) is 21.2. The Kier molecular flexibility index (Phi) is 6.77. The molecule has 0 saturated carbocycles. The molecule has 1 fully saturated rings. The molecular formula is C25H29FN4O. The smallest absolute Gasteiger partial charge is 0.224 e. The molecule has 1 atom stereocenters. The Bertz CT molecular complexity index is 1030. The molecule has 3 aromatic rings. The van der Waals surface area contributed by atoms with Crippen LogP contribution in [0.3, 0.4) is 0 Å². The molecule has 1 unspecified atom stereocenters. The van der Waals surface area contributed by atoms with Crippen LogP contribution in [0.1, 0.15) is 37.1 Å². The first-order valence-electron chi connectivity index (χ1n) is 10.9. The van der Waals surface area contributed by atoms with Crippen LogP contribution in [0.2, 0.25) is 0 Å². The fourth-order valence-electron chi connectivity index (χ4n) is 4.31. The number of carbonyl (C=O) groups excluding carboxylic acids is 1. The number of rotatable bonds is 7. The maximum atomic E-state index is 13.7. The average molecular weight is 421 g/mol. The van der Waals surface area contributed by atoms with Crippen molar-refractivity contribution in [3.8, 4) is 5.69 Å². The third-order valence-electron chi connectivity index (χ3n) is 5.89. The normalized spacial score (nSPS) is 16.9. The molecule has 1 aliphatic rings. The Morgan fingerprint density at radius 1 is 1.23 bits per heavy atom. The minimum Gasteiger partial charge on any atom is -0.324 e. The molecule has 0 bridgehead atoms. The molecule has 0 radical (unpaired) electrons. The van der Waals surface area contributed by atoms with E-state index in [1.165, 1.54) is 11.6 Å². The van der Waals surface area contributed by atoms with Crippen LogP contribution in [0, 0.1) is 18.7 Å².